The van der Waals surface area contributed by atoms with Gasteiger partial charge in [-0.2, -0.15) is 0 Å². The lowest BCUT2D eigenvalue weighted by atomic mass is 9.89. The predicted molar refractivity (Wildman–Crippen MR) is 95.0 cm³/mol. The molecule has 1 unspecified atom stereocenters. The highest BCUT2D eigenvalue weighted by Gasteiger charge is 2.24. The number of halogens is 1. The lowest BCUT2D eigenvalue weighted by Gasteiger charge is -2.29. The molecule has 0 radical (unpaired) electrons. The number of carbonyl (C=O) groups excluding carboxylic acids is 1. The highest BCUT2D eigenvalue weighted by molar-refractivity contribution is 5.93. The molecule has 1 fully saturated rings. The molecule has 1 atom stereocenters. The zero-order valence-corrected chi connectivity index (χ0v) is 15.5. The first-order valence-corrected chi connectivity index (χ1v) is 8.86. The highest BCUT2D eigenvalue weighted by atomic mass is 19.1. The van der Waals surface area contributed by atoms with Crippen molar-refractivity contribution in [2.24, 2.45) is 11.1 Å². The van der Waals surface area contributed by atoms with Crippen LogP contribution in [0.5, 0.6) is 0 Å². The van der Waals surface area contributed by atoms with Crippen LogP contribution in [-0.2, 0) is 11.2 Å². The monoisotopic (exact) mass is 352 g/mol. The summed E-state index contributed by atoms with van der Waals surface area (Å²) < 4.78 is 18.1. The maximum atomic E-state index is 12.9. The van der Waals surface area contributed by atoms with Gasteiger partial charge >= 0.3 is 0 Å². The van der Waals surface area contributed by atoms with Crippen molar-refractivity contribution < 1.29 is 13.9 Å². The van der Waals surface area contributed by atoms with Gasteiger partial charge in [-0.05, 0) is 44.4 Å². The van der Waals surface area contributed by atoms with Gasteiger partial charge in [0.2, 0.25) is 5.95 Å². The Kier molecular flexibility index (Phi) is 6.32. The molecule has 0 bridgehead atoms. The normalized spacial score (nSPS) is 22.4. The van der Waals surface area contributed by atoms with Crippen molar-refractivity contribution in [3.8, 4) is 0 Å². The number of primary amides is 1. The lowest BCUT2D eigenvalue weighted by molar-refractivity contribution is -0.0862. The van der Waals surface area contributed by atoms with E-state index in [2.05, 4.69) is 36.1 Å². The van der Waals surface area contributed by atoms with Crippen molar-refractivity contribution in [1.29, 1.82) is 0 Å². The summed E-state index contributed by atoms with van der Waals surface area (Å²) >= 11 is 0. The number of hydrogen-bond donors (Lipinski definition) is 2. The number of rotatable bonds is 6. The Bertz CT molecular complexity index is 593. The molecule has 1 saturated carbocycles. The summed E-state index contributed by atoms with van der Waals surface area (Å²) in [4.78, 5) is 20.4. The number of amides is 1. The second-order valence-corrected chi connectivity index (χ2v) is 7.95. The van der Waals surface area contributed by atoms with Gasteiger partial charge < -0.3 is 15.8 Å². The maximum absolute atomic E-state index is 12.9. The molecular formula is C18H29FN4O2. The van der Waals surface area contributed by atoms with E-state index in [-0.39, 0.29) is 17.6 Å². The lowest BCUT2D eigenvalue weighted by Crippen LogP contribution is -2.31. The molecule has 25 heavy (non-hydrogen) atoms. The Morgan fingerprint density at radius 3 is 2.56 bits per heavy atom. The molecule has 7 heteroatoms. The molecule has 1 aliphatic rings. The van der Waals surface area contributed by atoms with E-state index in [1.54, 1.807) is 0 Å². The van der Waals surface area contributed by atoms with Crippen LogP contribution in [0.4, 0.5) is 10.3 Å². The molecule has 6 nitrogen and oxygen atoms in total. The number of carbonyl (C=O) groups is 1. The average Bonchev–Trinajstić information content (AvgIpc) is 2.47. The van der Waals surface area contributed by atoms with E-state index in [1.165, 1.54) is 13.1 Å². The van der Waals surface area contributed by atoms with Crippen molar-refractivity contribution in [1.82, 2.24) is 9.97 Å². The fourth-order valence-electron chi connectivity index (χ4n) is 3.12. The summed E-state index contributed by atoms with van der Waals surface area (Å²) in [7, 11) is 0. The number of anilines is 1. The first kappa shape index (κ1) is 19.6. The van der Waals surface area contributed by atoms with Crippen LogP contribution in [0, 0.1) is 5.41 Å². The van der Waals surface area contributed by atoms with Gasteiger partial charge in [-0.3, -0.25) is 4.79 Å². The van der Waals surface area contributed by atoms with Gasteiger partial charge in [0.05, 0.1) is 17.4 Å². The smallest absolute Gasteiger partial charge is 0.252 e. The van der Waals surface area contributed by atoms with Crippen LogP contribution in [-0.4, -0.2) is 34.4 Å². The topological polar surface area (TPSA) is 90.1 Å². The van der Waals surface area contributed by atoms with Crippen molar-refractivity contribution in [2.75, 3.05) is 5.32 Å². The quantitative estimate of drug-likeness (QED) is 0.820. The van der Waals surface area contributed by atoms with Crippen LogP contribution in [0.1, 0.15) is 69.4 Å². The number of aromatic nitrogens is 2. The van der Waals surface area contributed by atoms with Crippen LogP contribution in [0.25, 0.3) is 0 Å². The van der Waals surface area contributed by atoms with Crippen molar-refractivity contribution in [3.05, 3.63) is 17.5 Å². The van der Waals surface area contributed by atoms with Crippen molar-refractivity contribution >= 4 is 11.9 Å². The Hall–Kier alpha value is -1.76. The van der Waals surface area contributed by atoms with Gasteiger partial charge in [0, 0.05) is 12.2 Å². The number of nitrogens with two attached hydrogens (primary N) is 1. The largest absolute Gasteiger partial charge is 0.365 e. The van der Waals surface area contributed by atoms with E-state index in [0.717, 1.165) is 25.7 Å². The highest BCUT2D eigenvalue weighted by Crippen LogP contribution is 2.26. The molecule has 1 amide bonds. The van der Waals surface area contributed by atoms with Crippen LogP contribution in [0.3, 0.4) is 0 Å². The summed E-state index contributed by atoms with van der Waals surface area (Å²) in [5.41, 5.74) is 6.46. The Morgan fingerprint density at radius 1 is 1.40 bits per heavy atom. The number of alkyl halides is 1. The summed E-state index contributed by atoms with van der Waals surface area (Å²) in [5.74, 6) is -0.00345. The van der Waals surface area contributed by atoms with Crippen LogP contribution in [0.15, 0.2) is 6.20 Å². The zero-order chi connectivity index (χ0) is 18.6. The molecule has 1 aromatic rings. The van der Waals surface area contributed by atoms with E-state index < -0.39 is 12.3 Å². The van der Waals surface area contributed by atoms with Gasteiger partial charge in [-0.25, -0.2) is 14.4 Å². The van der Waals surface area contributed by atoms with Gasteiger partial charge in [0.25, 0.3) is 5.91 Å². The Balaban J connectivity index is 2.03. The summed E-state index contributed by atoms with van der Waals surface area (Å²) in [6, 6.07) is 0.219. The minimum Gasteiger partial charge on any atom is -0.365 e. The standard InChI is InChI=1S/C18H29FN4O2/c1-11(19)25-13-7-5-12(6-8-13)22-17-21-10-14(16(20)24)15(23-17)9-18(2,3)4/h10-13H,5-9H2,1-4H3,(H2,20,24)(H,21,22,23). The van der Waals surface area contributed by atoms with E-state index in [0.29, 0.717) is 23.6 Å². The molecule has 1 aliphatic carbocycles. The van der Waals surface area contributed by atoms with Crippen LogP contribution < -0.4 is 11.1 Å². The summed E-state index contributed by atoms with van der Waals surface area (Å²) in [6.45, 7) is 7.66. The maximum Gasteiger partial charge on any atom is 0.252 e. The van der Waals surface area contributed by atoms with Crippen LogP contribution >= 0.6 is 0 Å². The number of hydrogen-bond acceptors (Lipinski definition) is 5. The molecule has 0 aliphatic heterocycles. The van der Waals surface area contributed by atoms with Gasteiger partial charge in [0.15, 0.2) is 6.36 Å². The second kappa shape index (κ2) is 8.08. The third-order valence-corrected chi connectivity index (χ3v) is 4.22. The van der Waals surface area contributed by atoms with Gasteiger partial charge in [-0.15, -0.1) is 0 Å². The van der Waals surface area contributed by atoms with Crippen LogP contribution in [0.2, 0.25) is 0 Å². The van der Waals surface area contributed by atoms with E-state index >= 15 is 0 Å². The zero-order valence-electron chi connectivity index (χ0n) is 15.5. The van der Waals surface area contributed by atoms with E-state index in [9.17, 15) is 9.18 Å². The molecule has 3 N–H and O–H groups in total. The molecule has 0 spiro atoms. The first-order valence-electron chi connectivity index (χ1n) is 8.86. The first-order chi connectivity index (χ1) is 11.6. The molecule has 140 valence electrons. The number of nitrogens with one attached hydrogen (secondary N) is 1. The molecular weight excluding hydrogens is 323 g/mol. The fourth-order valence-corrected chi connectivity index (χ4v) is 3.12. The molecule has 2 rings (SSSR count). The second-order valence-electron chi connectivity index (χ2n) is 7.95. The van der Waals surface area contributed by atoms with Gasteiger partial charge in [-0.1, -0.05) is 20.8 Å². The SMILES string of the molecule is CC(F)OC1CCC(Nc2ncc(C(N)=O)c(CC(C)(C)C)n2)CC1. The Morgan fingerprint density at radius 2 is 2.04 bits per heavy atom. The number of ether oxygens (including phenoxy) is 1. The number of nitrogens with zero attached hydrogens (tertiary/aromatic N) is 2. The van der Waals surface area contributed by atoms with Crippen molar-refractivity contribution in [3.63, 3.8) is 0 Å². The minimum absolute atomic E-state index is 0.0196. The molecule has 1 aromatic heterocycles. The molecule has 1 heterocycles. The third kappa shape index (κ3) is 6.23. The minimum atomic E-state index is -1.22. The average molecular weight is 352 g/mol. The molecule has 0 aromatic carbocycles. The fraction of sp³-hybridized carbons (Fsp3) is 0.722. The molecule has 0 saturated heterocycles. The summed E-state index contributed by atoms with van der Waals surface area (Å²) in [6.07, 6.45) is 4.24. The van der Waals surface area contributed by atoms with E-state index in [1.807, 2.05) is 0 Å². The third-order valence-electron chi connectivity index (χ3n) is 4.22. The predicted octanol–water partition coefficient (Wildman–Crippen LogP) is 3.22. The van der Waals surface area contributed by atoms with Crippen molar-refractivity contribution in [2.45, 2.75) is 78.3 Å². The Labute approximate surface area is 148 Å². The van der Waals surface area contributed by atoms with E-state index in [4.69, 9.17) is 10.5 Å². The summed E-state index contributed by atoms with van der Waals surface area (Å²) in [5, 5.41) is 3.32. The van der Waals surface area contributed by atoms with Gasteiger partial charge in [0.1, 0.15) is 0 Å².